The summed E-state index contributed by atoms with van der Waals surface area (Å²) in [5.41, 5.74) is 3.71. The van der Waals surface area contributed by atoms with Crippen LogP contribution in [0.5, 0.6) is 0 Å². The van der Waals surface area contributed by atoms with Crippen molar-refractivity contribution in [1.82, 2.24) is 24.8 Å². The number of hydrogen-bond donors (Lipinski definition) is 1. The number of rotatable bonds is 5. The predicted octanol–water partition coefficient (Wildman–Crippen LogP) is 4.03. The third-order valence-electron chi connectivity index (χ3n) is 5.33. The van der Waals surface area contributed by atoms with Crippen molar-refractivity contribution in [2.45, 2.75) is 25.7 Å². The molecule has 0 atom stereocenters. The molecule has 4 rings (SSSR count). The molecule has 0 aliphatic carbocycles. The van der Waals surface area contributed by atoms with Crippen molar-refractivity contribution in [1.29, 1.82) is 0 Å². The summed E-state index contributed by atoms with van der Waals surface area (Å²) in [6.45, 7) is 2.89. The smallest absolute Gasteiger partial charge is 0.193 e. The van der Waals surface area contributed by atoms with E-state index in [4.69, 9.17) is 0 Å². The van der Waals surface area contributed by atoms with Gasteiger partial charge >= 0.3 is 0 Å². The number of piperidine rings is 1. The maximum atomic E-state index is 4.48. The number of halogens is 1. The molecule has 1 aliphatic rings. The van der Waals surface area contributed by atoms with E-state index in [1.54, 1.807) is 0 Å². The van der Waals surface area contributed by atoms with Gasteiger partial charge in [-0.2, -0.15) is 0 Å². The van der Waals surface area contributed by atoms with E-state index in [-0.39, 0.29) is 24.0 Å². The second kappa shape index (κ2) is 11.1. The fraction of sp³-hybridized carbons (Fsp3) is 0.348. The number of likely N-dealkylation sites (tertiary alicyclic amines) is 1. The zero-order chi connectivity index (χ0) is 19.9. The maximum Gasteiger partial charge on any atom is 0.193 e. The normalized spacial score (nSPS) is 14.5. The van der Waals surface area contributed by atoms with Crippen LogP contribution in [0.1, 0.15) is 30.7 Å². The number of nitrogens with zero attached hydrogens (tertiary/aromatic N) is 5. The van der Waals surface area contributed by atoms with Gasteiger partial charge in [-0.25, -0.2) is 0 Å². The molecule has 3 heterocycles. The molecule has 158 valence electrons. The highest BCUT2D eigenvalue weighted by Crippen LogP contribution is 2.19. The minimum Gasteiger partial charge on any atom is -0.356 e. The third kappa shape index (κ3) is 5.59. The van der Waals surface area contributed by atoms with Gasteiger partial charge in [-0.1, -0.05) is 48.0 Å². The van der Waals surface area contributed by atoms with Gasteiger partial charge in [-0.15, -0.1) is 34.2 Å². The molecule has 2 aromatic heterocycles. The molecule has 3 aromatic rings. The van der Waals surface area contributed by atoms with Crippen molar-refractivity contribution < 1.29 is 0 Å². The van der Waals surface area contributed by atoms with Gasteiger partial charge in [-0.3, -0.25) is 9.39 Å². The zero-order valence-electron chi connectivity index (χ0n) is 17.4. The number of aromatic nitrogens is 3. The lowest BCUT2D eigenvalue weighted by molar-refractivity contribution is 0.375. The molecule has 1 saturated heterocycles. The Labute approximate surface area is 195 Å². The van der Waals surface area contributed by atoms with Crippen molar-refractivity contribution in [3.05, 3.63) is 71.7 Å². The quantitative estimate of drug-likeness (QED) is 0.241. The number of benzene rings is 1. The average Bonchev–Trinajstić information content (AvgIpc) is 3.18. The number of aryl methyl sites for hydroxylation is 1. The molecule has 0 radical (unpaired) electrons. The van der Waals surface area contributed by atoms with E-state index in [1.807, 2.05) is 31.4 Å². The Balaban J connectivity index is 0.00000256. The number of pyridine rings is 1. The van der Waals surface area contributed by atoms with Gasteiger partial charge in [0, 0.05) is 39.3 Å². The van der Waals surface area contributed by atoms with Crippen LogP contribution in [0.2, 0.25) is 0 Å². The largest absolute Gasteiger partial charge is 0.356 e. The first-order valence-corrected chi connectivity index (χ1v) is 10.3. The molecule has 1 aliphatic heterocycles. The standard InChI is InChI=1S/C23H28N6.HI/c1-24-23(25-14-7-11-22-27-26-21-10-5-6-15-29(21)22)28-16-12-20(13-17-28)18-19-8-3-2-4-9-19;/h2-6,8-10,15,18H,7,11-14,16-17H2,1H3,(H,24,25);1H. The van der Waals surface area contributed by atoms with Crippen LogP contribution in [0.25, 0.3) is 11.7 Å². The number of nitrogens with one attached hydrogen (secondary N) is 1. The summed E-state index contributed by atoms with van der Waals surface area (Å²) in [7, 11) is 1.86. The Morgan fingerprint density at radius 1 is 1.07 bits per heavy atom. The molecule has 1 fully saturated rings. The Bertz CT molecular complexity index is 985. The van der Waals surface area contributed by atoms with Crippen molar-refractivity contribution >= 4 is 41.7 Å². The van der Waals surface area contributed by atoms with E-state index in [0.717, 1.165) is 62.7 Å². The SMILES string of the molecule is CN=C(NCCCc1nnc2ccccn12)N1CCC(=Cc2ccccc2)CC1.I. The lowest BCUT2D eigenvalue weighted by Crippen LogP contribution is -2.44. The highest BCUT2D eigenvalue weighted by molar-refractivity contribution is 14.0. The lowest BCUT2D eigenvalue weighted by Gasteiger charge is -2.31. The van der Waals surface area contributed by atoms with E-state index in [9.17, 15) is 0 Å². The van der Waals surface area contributed by atoms with Crippen LogP contribution < -0.4 is 5.32 Å². The molecule has 6 nitrogen and oxygen atoms in total. The molecular formula is C23H29IN6. The molecule has 30 heavy (non-hydrogen) atoms. The topological polar surface area (TPSA) is 57.8 Å². The van der Waals surface area contributed by atoms with Gasteiger partial charge in [0.2, 0.25) is 0 Å². The van der Waals surface area contributed by atoms with E-state index >= 15 is 0 Å². The number of guanidine groups is 1. The monoisotopic (exact) mass is 516 g/mol. The maximum absolute atomic E-state index is 4.48. The Hall–Kier alpha value is -2.42. The summed E-state index contributed by atoms with van der Waals surface area (Å²) in [6, 6.07) is 16.6. The van der Waals surface area contributed by atoms with Crippen LogP contribution in [0.4, 0.5) is 0 Å². The van der Waals surface area contributed by atoms with Gasteiger partial charge in [0.1, 0.15) is 5.82 Å². The molecule has 1 N–H and O–H groups in total. The minimum absolute atomic E-state index is 0. The Morgan fingerprint density at radius 2 is 1.83 bits per heavy atom. The van der Waals surface area contributed by atoms with E-state index in [1.165, 1.54) is 11.1 Å². The van der Waals surface area contributed by atoms with Crippen LogP contribution in [0.15, 0.2) is 65.3 Å². The second-order valence-corrected chi connectivity index (χ2v) is 7.32. The lowest BCUT2D eigenvalue weighted by atomic mass is 10.0. The number of aliphatic imine (C=N–C) groups is 1. The van der Waals surface area contributed by atoms with Gasteiger partial charge in [-0.05, 0) is 37.0 Å². The van der Waals surface area contributed by atoms with Crippen molar-refractivity contribution in [3.63, 3.8) is 0 Å². The van der Waals surface area contributed by atoms with Crippen LogP contribution in [0, 0.1) is 0 Å². The Kier molecular flexibility index (Phi) is 8.24. The van der Waals surface area contributed by atoms with Crippen molar-refractivity contribution in [2.75, 3.05) is 26.7 Å². The third-order valence-corrected chi connectivity index (χ3v) is 5.33. The van der Waals surface area contributed by atoms with Crippen LogP contribution >= 0.6 is 24.0 Å². The van der Waals surface area contributed by atoms with Gasteiger partial charge in [0.05, 0.1) is 0 Å². The fourth-order valence-electron chi connectivity index (χ4n) is 3.78. The second-order valence-electron chi connectivity index (χ2n) is 7.32. The molecular weight excluding hydrogens is 487 g/mol. The molecule has 0 amide bonds. The van der Waals surface area contributed by atoms with Gasteiger partial charge < -0.3 is 10.2 Å². The van der Waals surface area contributed by atoms with Crippen LogP contribution in [-0.4, -0.2) is 52.1 Å². The summed E-state index contributed by atoms with van der Waals surface area (Å²) >= 11 is 0. The Morgan fingerprint density at radius 3 is 2.60 bits per heavy atom. The molecule has 0 saturated carbocycles. The summed E-state index contributed by atoms with van der Waals surface area (Å²) in [4.78, 5) is 6.84. The summed E-state index contributed by atoms with van der Waals surface area (Å²) < 4.78 is 2.06. The molecule has 7 heteroatoms. The molecule has 0 bridgehead atoms. The number of hydrogen-bond acceptors (Lipinski definition) is 3. The van der Waals surface area contributed by atoms with Crippen LogP contribution in [0.3, 0.4) is 0 Å². The van der Waals surface area contributed by atoms with E-state index in [2.05, 4.69) is 66.2 Å². The molecule has 1 aromatic carbocycles. The summed E-state index contributed by atoms with van der Waals surface area (Å²) in [6.07, 6.45) is 8.39. The first kappa shape index (κ1) is 22.3. The highest BCUT2D eigenvalue weighted by Gasteiger charge is 2.17. The molecule has 0 unspecified atom stereocenters. The molecule has 0 spiro atoms. The first-order valence-electron chi connectivity index (χ1n) is 10.3. The predicted molar refractivity (Wildman–Crippen MR) is 133 cm³/mol. The first-order chi connectivity index (χ1) is 14.3. The zero-order valence-corrected chi connectivity index (χ0v) is 19.7. The fourth-order valence-corrected chi connectivity index (χ4v) is 3.78. The van der Waals surface area contributed by atoms with Crippen molar-refractivity contribution in [3.8, 4) is 0 Å². The number of fused-ring (bicyclic) bond motifs is 1. The highest BCUT2D eigenvalue weighted by atomic mass is 127. The van der Waals surface area contributed by atoms with Gasteiger partial charge in [0.25, 0.3) is 0 Å². The van der Waals surface area contributed by atoms with Crippen molar-refractivity contribution in [2.24, 2.45) is 4.99 Å². The van der Waals surface area contributed by atoms with E-state index in [0.29, 0.717) is 0 Å². The van der Waals surface area contributed by atoms with Gasteiger partial charge in [0.15, 0.2) is 11.6 Å². The van der Waals surface area contributed by atoms with E-state index < -0.39 is 0 Å². The average molecular weight is 516 g/mol. The van der Waals surface area contributed by atoms with Crippen LogP contribution in [-0.2, 0) is 6.42 Å². The summed E-state index contributed by atoms with van der Waals surface area (Å²) in [5, 5.41) is 12.0. The summed E-state index contributed by atoms with van der Waals surface area (Å²) in [5.74, 6) is 2.00. The minimum atomic E-state index is 0.